The van der Waals surface area contributed by atoms with Crippen LogP contribution in [0, 0.1) is 6.92 Å². The molecule has 1 atom stereocenters. The van der Waals surface area contributed by atoms with Gasteiger partial charge in [-0.15, -0.1) is 0 Å². The number of aliphatic hydroxyl groups excluding tert-OH is 2. The first-order valence-corrected chi connectivity index (χ1v) is 12.8. The summed E-state index contributed by atoms with van der Waals surface area (Å²) in [6.45, 7) is 9.43. The fourth-order valence-corrected chi connectivity index (χ4v) is 4.03. The number of ether oxygens (including phenoxy) is 1. The number of benzene rings is 2. The fourth-order valence-electron chi connectivity index (χ4n) is 4.03. The topological polar surface area (TPSA) is 121 Å². The molecule has 37 heavy (non-hydrogen) atoms. The Labute approximate surface area is 218 Å². The van der Waals surface area contributed by atoms with E-state index in [9.17, 15) is 9.90 Å². The van der Waals surface area contributed by atoms with Crippen molar-refractivity contribution in [3.63, 3.8) is 0 Å². The summed E-state index contributed by atoms with van der Waals surface area (Å²) >= 11 is 0. The van der Waals surface area contributed by atoms with E-state index in [1.54, 1.807) is 0 Å². The molecule has 200 valence electrons. The maximum Gasteiger partial charge on any atom is 0.258 e. The van der Waals surface area contributed by atoms with Crippen molar-refractivity contribution in [2.75, 3.05) is 33.4 Å². The van der Waals surface area contributed by atoms with Crippen LogP contribution in [0.25, 0.3) is 22.8 Å². The van der Waals surface area contributed by atoms with E-state index in [4.69, 9.17) is 19.4 Å². The van der Waals surface area contributed by atoms with E-state index in [2.05, 4.69) is 54.5 Å². The van der Waals surface area contributed by atoms with Gasteiger partial charge in [-0.25, -0.2) is 0 Å². The molecule has 0 fully saturated rings. The molecule has 0 aliphatic heterocycles. The van der Waals surface area contributed by atoms with E-state index in [0.717, 1.165) is 41.8 Å². The van der Waals surface area contributed by atoms with E-state index in [0.29, 0.717) is 23.9 Å². The third-order valence-electron chi connectivity index (χ3n) is 6.22. The number of carbonyl (C=O) groups is 1. The van der Waals surface area contributed by atoms with Gasteiger partial charge in [0.1, 0.15) is 25.1 Å². The Bertz CT molecular complexity index is 1190. The normalized spacial score (nSPS) is 12.1. The zero-order valence-electron chi connectivity index (χ0n) is 22.4. The second-order valence-corrected chi connectivity index (χ2v) is 9.21. The fraction of sp³-hybridized carbons (Fsp3) is 0.464. The Morgan fingerprint density at radius 3 is 2.54 bits per heavy atom. The Morgan fingerprint density at radius 1 is 1.11 bits per heavy atom. The monoisotopic (exact) mass is 510 g/mol. The van der Waals surface area contributed by atoms with Crippen molar-refractivity contribution in [1.82, 2.24) is 20.4 Å². The van der Waals surface area contributed by atoms with Crippen LogP contribution in [0.5, 0.6) is 5.75 Å². The number of aromatic nitrogens is 2. The molecule has 9 heteroatoms. The number of nitrogens with zero attached hydrogens (tertiary/aromatic N) is 3. The van der Waals surface area contributed by atoms with Gasteiger partial charge in [0.2, 0.25) is 11.7 Å². The minimum Gasteiger partial charge on any atom is -0.490 e. The van der Waals surface area contributed by atoms with Crippen LogP contribution in [0.3, 0.4) is 0 Å². The number of aliphatic hydroxyl groups is 2. The van der Waals surface area contributed by atoms with Crippen molar-refractivity contribution >= 4 is 5.91 Å². The molecule has 0 bridgehead atoms. The third-order valence-corrected chi connectivity index (χ3v) is 6.22. The van der Waals surface area contributed by atoms with Crippen molar-refractivity contribution in [3.05, 3.63) is 52.6 Å². The Morgan fingerprint density at radius 2 is 1.86 bits per heavy atom. The van der Waals surface area contributed by atoms with E-state index in [1.165, 1.54) is 11.1 Å². The van der Waals surface area contributed by atoms with E-state index < -0.39 is 18.6 Å². The summed E-state index contributed by atoms with van der Waals surface area (Å²) in [4.78, 5) is 18.1. The molecule has 3 rings (SSSR count). The Balaban J connectivity index is 1.81. The van der Waals surface area contributed by atoms with Crippen molar-refractivity contribution in [1.29, 1.82) is 0 Å². The first-order valence-electron chi connectivity index (χ1n) is 12.8. The van der Waals surface area contributed by atoms with E-state index >= 15 is 0 Å². The standard InChI is InChI=1S/C28H38N4O5/c1-6-19-10-20(15-32(5)8-3)12-23(11-19)28-30-27(31-37-28)22-9-18(4)26(21(7-2)13-22)36-17-24(34)14-29-25(35)16-33/h9-13,24,33-34H,6-8,14-17H2,1-5H3,(H,29,35). The average Bonchev–Trinajstić information content (AvgIpc) is 3.40. The maximum absolute atomic E-state index is 11.2. The summed E-state index contributed by atoms with van der Waals surface area (Å²) in [5, 5.41) is 25.6. The first-order chi connectivity index (χ1) is 17.8. The molecule has 0 spiro atoms. The Kier molecular flexibility index (Phi) is 10.2. The maximum atomic E-state index is 11.2. The zero-order valence-corrected chi connectivity index (χ0v) is 22.4. The molecule has 0 aliphatic carbocycles. The van der Waals surface area contributed by atoms with Gasteiger partial charge in [0.15, 0.2) is 0 Å². The highest BCUT2D eigenvalue weighted by molar-refractivity contribution is 5.76. The van der Waals surface area contributed by atoms with Gasteiger partial charge in [-0.05, 0) is 79.9 Å². The van der Waals surface area contributed by atoms with Gasteiger partial charge in [-0.1, -0.05) is 32.0 Å². The summed E-state index contributed by atoms with van der Waals surface area (Å²) in [5.41, 5.74) is 6.00. The molecule has 1 unspecified atom stereocenters. The third kappa shape index (κ3) is 7.61. The summed E-state index contributed by atoms with van der Waals surface area (Å²) in [7, 11) is 2.10. The number of aryl methyl sites for hydroxylation is 3. The second kappa shape index (κ2) is 13.3. The summed E-state index contributed by atoms with van der Waals surface area (Å²) in [6.07, 6.45) is 0.722. The largest absolute Gasteiger partial charge is 0.490 e. The van der Waals surface area contributed by atoms with Gasteiger partial charge in [-0.3, -0.25) is 4.79 Å². The van der Waals surface area contributed by atoms with Gasteiger partial charge in [0, 0.05) is 24.2 Å². The van der Waals surface area contributed by atoms with Crippen molar-refractivity contribution in [3.8, 4) is 28.6 Å². The minimum atomic E-state index is -0.903. The molecule has 3 N–H and O–H groups in total. The van der Waals surface area contributed by atoms with Crippen LogP contribution in [0.4, 0.5) is 0 Å². The molecule has 1 aromatic heterocycles. The molecule has 0 radical (unpaired) electrons. The van der Waals surface area contributed by atoms with Gasteiger partial charge >= 0.3 is 0 Å². The van der Waals surface area contributed by atoms with Crippen LogP contribution in [-0.2, 0) is 24.2 Å². The molecule has 9 nitrogen and oxygen atoms in total. The average molecular weight is 511 g/mol. The number of nitrogens with one attached hydrogen (secondary N) is 1. The number of hydrogen-bond acceptors (Lipinski definition) is 8. The summed E-state index contributed by atoms with van der Waals surface area (Å²) < 4.78 is 11.6. The van der Waals surface area contributed by atoms with Crippen LogP contribution >= 0.6 is 0 Å². The van der Waals surface area contributed by atoms with Gasteiger partial charge < -0.3 is 29.7 Å². The molecule has 3 aromatic rings. The van der Waals surface area contributed by atoms with E-state index in [-0.39, 0.29) is 13.2 Å². The molecule has 1 heterocycles. The van der Waals surface area contributed by atoms with Crippen LogP contribution in [0.15, 0.2) is 34.9 Å². The second-order valence-electron chi connectivity index (χ2n) is 9.21. The molecule has 0 saturated heterocycles. The predicted molar refractivity (Wildman–Crippen MR) is 142 cm³/mol. The molecular formula is C28H38N4O5. The number of carbonyl (C=O) groups excluding carboxylic acids is 1. The van der Waals surface area contributed by atoms with Crippen LogP contribution < -0.4 is 10.1 Å². The summed E-state index contributed by atoms with van der Waals surface area (Å²) in [5.74, 6) is 1.12. The van der Waals surface area contributed by atoms with Crippen LogP contribution in [0.2, 0.25) is 0 Å². The molecule has 1 amide bonds. The lowest BCUT2D eigenvalue weighted by atomic mass is 10.0. The lowest BCUT2D eigenvalue weighted by Crippen LogP contribution is -2.36. The highest BCUT2D eigenvalue weighted by atomic mass is 16.5. The first kappa shape index (κ1) is 28.3. The summed E-state index contributed by atoms with van der Waals surface area (Å²) in [6, 6.07) is 10.3. The predicted octanol–water partition coefficient (Wildman–Crippen LogP) is 3.14. The van der Waals surface area contributed by atoms with Crippen molar-refractivity contribution in [2.45, 2.75) is 53.2 Å². The molecular weight excluding hydrogens is 472 g/mol. The van der Waals surface area contributed by atoms with Gasteiger partial charge in [0.25, 0.3) is 5.89 Å². The molecule has 0 aliphatic rings. The number of rotatable bonds is 13. The van der Waals surface area contributed by atoms with Crippen molar-refractivity contribution < 1.29 is 24.3 Å². The van der Waals surface area contributed by atoms with Crippen LogP contribution in [-0.4, -0.2) is 70.6 Å². The van der Waals surface area contributed by atoms with E-state index in [1.807, 2.05) is 26.0 Å². The van der Waals surface area contributed by atoms with Gasteiger partial charge in [0.05, 0.1) is 0 Å². The lowest BCUT2D eigenvalue weighted by molar-refractivity contribution is -0.124. The smallest absolute Gasteiger partial charge is 0.258 e. The van der Waals surface area contributed by atoms with Gasteiger partial charge in [-0.2, -0.15) is 4.98 Å². The SMILES string of the molecule is CCc1cc(CN(C)CC)cc(-c2nc(-c3cc(C)c(OCC(O)CNC(=O)CO)c(CC)c3)no2)c1. The molecule has 2 aromatic carbocycles. The Hall–Kier alpha value is -3.27. The number of hydrogen-bond donors (Lipinski definition) is 3. The zero-order chi connectivity index (χ0) is 26.9. The molecule has 0 saturated carbocycles. The highest BCUT2D eigenvalue weighted by Crippen LogP contribution is 2.31. The lowest BCUT2D eigenvalue weighted by Gasteiger charge is -2.17. The highest BCUT2D eigenvalue weighted by Gasteiger charge is 2.17. The van der Waals surface area contributed by atoms with Crippen LogP contribution in [0.1, 0.15) is 43.0 Å². The van der Waals surface area contributed by atoms with Crippen molar-refractivity contribution in [2.24, 2.45) is 0 Å². The minimum absolute atomic E-state index is 0.000698. The quantitative estimate of drug-likeness (QED) is 0.321. The number of amides is 1.